The van der Waals surface area contributed by atoms with Crippen molar-refractivity contribution in [2.45, 2.75) is 6.92 Å². The van der Waals surface area contributed by atoms with Crippen LogP contribution < -0.4 is 0 Å². The Kier molecular flexibility index (Phi) is 4.14. The van der Waals surface area contributed by atoms with E-state index in [1.54, 1.807) is 6.20 Å². The molecular weight excluding hydrogens is 276 g/mol. The maximum Gasteiger partial charge on any atom is 0.338 e. The van der Waals surface area contributed by atoms with Crippen molar-refractivity contribution in [2.75, 3.05) is 0 Å². The van der Waals surface area contributed by atoms with E-state index in [0.29, 0.717) is 4.88 Å². The number of carboxylic acids is 1. The molecule has 1 heterocycles. The number of hydrogen-bond donors (Lipinski definition) is 1. The lowest BCUT2D eigenvalue weighted by molar-refractivity contribution is -0.132. The first-order valence-corrected chi connectivity index (χ1v) is 6.45. The summed E-state index contributed by atoms with van der Waals surface area (Å²) in [5.74, 6) is -1.27. The molecule has 7 heteroatoms. The number of aliphatic carboxylic acids is 1. The van der Waals surface area contributed by atoms with Gasteiger partial charge in [0.05, 0.1) is 0 Å². The van der Waals surface area contributed by atoms with Crippen LogP contribution in [0, 0.1) is 6.92 Å². The van der Waals surface area contributed by atoms with Crippen LogP contribution in [-0.2, 0) is 4.79 Å². The maximum absolute atomic E-state index is 10.9. The second kappa shape index (κ2) is 6.01. The van der Waals surface area contributed by atoms with Crippen molar-refractivity contribution in [3.63, 3.8) is 0 Å². The van der Waals surface area contributed by atoms with Crippen molar-refractivity contribution in [2.24, 2.45) is 5.11 Å². The number of thiazole rings is 1. The highest BCUT2D eigenvalue weighted by Crippen LogP contribution is 2.28. The monoisotopic (exact) mass is 286 g/mol. The number of hydrogen-bond acceptors (Lipinski definition) is 4. The molecule has 0 aliphatic carbocycles. The molecule has 1 N–H and O–H groups in total. The van der Waals surface area contributed by atoms with Crippen LogP contribution in [0.4, 0.5) is 0 Å². The molecule has 0 radical (unpaired) electrons. The second-order valence-corrected chi connectivity index (χ2v) is 4.97. The Balaban J connectivity index is 2.39. The maximum atomic E-state index is 10.9. The third-order valence-corrected chi connectivity index (χ3v) is 3.53. The van der Waals surface area contributed by atoms with Gasteiger partial charge in [-0.3, -0.25) is 0 Å². The van der Waals surface area contributed by atoms with Crippen LogP contribution in [0.2, 0.25) is 0 Å². The molecule has 1 aromatic carbocycles. The van der Waals surface area contributed by atoms with Gasteiger partial charge < -0.3 is 5.11 Å². The molecule has 0 unspecified atom stereocenters. The van der Waals surface area contributed by atoms with E-state index in [1.807, 2.05) is 31.2 Å². The van der Waals surface area contributed by atoms with Gasteiger partial charge in [0.1, 0.15) is 10.7 Å². The first-order valence-electron chi connectivity index (χ1n) is 5.63. The zero-order valence-corrected chi connectivity index (χ0v) is 11.3. The molecule has 6 nitrogen and oxygen atoms in total. The van der Waals surface area contributed by atoms with Gasteiger partial charge in [0.25, 0.3) is 0 Å². The van der Waals surface area contributed by atoms with Gasteiger partial charge in [0.15, 0.2) is 0 Å². The average Bonchev–Trinajstić information content (AvgIpc) is 2.87. The summed E-state index contributed by atoms with van der Waals surface area (Å²) in [6.45, 7) is 1.98. The Labute approximate surface area is 118 Å². The van der Waals surface area contributed by atoms with Gasteiger partial charge in [-0.2, -0.15) is 0 Å². The average molecular weight is 286 g/mol. The van der Waals surface area contributed by atoms with E-state index in [0.717, 1.165) is 16.1 Å². The van der Waals surface area contributed by atoms with E-state index < -0.39 is 5.97 Å². The predicted molar refractivity (Wildman–Crippen MR) is 77.0 cm³/mol. The molecule has 0 aliphatic heterocycles. The minimum Gasteiger partial charge on any atom is -0.478 e. The molecule has 0 aliphatic rings. The van der Waals surface area contributed by atoms with Crippen LogP contribution in [0.3, 0.4) is 0 Å². The van der Waals surface area contributed by atoms with Gasteiger partial charge in [-0.25, -0.2) is 9.78 Å². The van der Waals surface area contributed by atoms with Crippen LogP contribution in [0.5, 0.6) is 0 Å². The van der Waals surface area contributed by atoms with Crippen molar-refractivity contribution in [3.8, 4) is 10.6 Å². The first-order chi connectivity index (χ1) is 9.61. The molecule has 100 valence electrons. The number of rotatable bonds is 4. The highest BCUT2D eigenvalue weighted by atomic mass is 32.1. The summed E-state index contributed by atoms with van der Waals surface area (Å²) in [7, 11) is 0. The fraction of sp³-hybridized carbons (Fsp3) is 0.0769. The number of carbonyl (C=O) groups is 1. The van der Waals surface area contributed by atoms with Crippen molar-refractivity contribution >= 4 is 23.4 Å². The third kappa shape index (κ3) is 3.03. The fourth-order valence-electron chi connectivity index (χ4n) is 1.61. The standard InChI is InChI=1S/C13H10N4O2S/c1-8-4-2-3-5-10(8)12-15-7-9(20-12)6-11(13(18)19)16-17-14/h2-7H,1H3,(H,18,19)/b11-6-. The summed E-state index contributed by atoms with van der Waals surface area (Å²) in [6.07, 6.45) is 2.86. The lowest BCUT2D eigenvalue weighted by atomic mass is 10.1. The largest absolute Gasteiger partial charge is 0.478 e. The Hall–Kier alpha value is -2.63. The van der Waals surface area contributed by atoms with Gasteiger partial charge in [0.2, 0.25) is 0 Å². The molecule has 1 aromatic heterocycles. The van der Waals surface area contributed by atoms with E-state index in [2.05, 4.69) is 15.0 Å². The molecule has 0 spiro atoms. The number of azide groups is 1. The number of carboxylic acid groups (broad SMARTS) is 1. The second-order valence-electron chi connectivity index (χ2n) is 3.91. The molecule has 0 amide bonds. The first kappa shape index (κ1) is 13.8. The summed E-state index contributed by atoms with van der Waals surface area (Å²) in [5, 5.41) is 12.8. The summed E-state index contributed by atoms with van der Waals surface area (Å²) in [5.41, 5.74) is 10.1. The minimum absolute atomic E-state index is 0.354. The number of aryl methyl sites for hydroxylation is 1. The molecule has 0 atom stereocenters. The van der Waals surface area contributed by atoms with Gasteiger partial charge in [-0.05, 0) is 24.1 Å². The molecule has 0 bridgehead atoms. The highest BCUT2D eigenvalue weighted by molar-refractivity contribution is 7.15. The molecule has 2 rings (SSSR count). The summed E-state index contributed by atoms with van der Waals surface area (Å²) < 4.78 is 0. The molecule has 0 saturated carbocycles. The zero-order valence-electron chi connectivity index (χ0n) is 10.5. The van der Waals surface area contributed by atoms with E-state index >= 15 is 0 Å². The van der Waals surface area contributed by atoms with Crippen molar-refractivity contribution in [1.82, 2.24) is 4.98 Å². The summed E-state index contributed by atoms with van der Waals surface area (Å²) in [4.78, 5) is 18.3. The third-order valence-electron chi connectivity index (χ3n) is 2.55. The van der Waals surface area contributed by atoms with Crippen LogP contribution >= 0.6 is 11.3 Å². The number of aromatic nitrogens is 1. The van der Waals surface area contributed by atoms with Gasteiger partial charge in [0, 0.05) is 21.5 Å². The summed E-state index contributed by atoms with van der Waals surface area (Å²) >= 11 is 1.34. The van der Waals surface area contributed by atoms with Crippen molar-refractivity contribution < 1.29 is 9.90 Å². The van der Waals surface area contributed by atoms with Gasteiger partial charge in [-0.1, -0.05) is 29.4 Å². The van der Waals surface area contributed by atoms with Crippen LogP contribution in [-0.4, -0.2) is 16.1 Å². The SMILES string of the molecule is Cc1ccccc1-c1ncc(/C=C(\N=[N+]=[N-])C(=O)O)s1. The topological polar surface area (TPSA) is 99.0 Å². The van der Waals surface area contributed by atoms with Crippen LogP contribution in [0.1, 0.15) is 10.4 Å². The Morgan fingerprint density at radius 3 is 2.90 bits per heavy atom. The van der Waals surface area contributed by atoms with Crippen molar-refractivity contribution in [3.05, 3.63) is 57.0 Å². The van der Waals surface area contributed by atoms with E-state index in [-0.39, 0.29) is 5.70 Å². The van der Waals surface area contributed by atoms with Crippen LogP contribution in [0.15, 0.2) is 41.3 Å². The predicted octanol–water partition coefficient (Wildman–Crippen LogP) is 3.85. The van der Waals surface area contributed by atoms with E-state index in [9.17, 15) is 4.79 Å². The highest BCUT2D eigenvalue weighted by Gasteiger charge is 2.09. The number of benzene rings is 1. The molecular formula is C13H10N4O2S. The fourth-order valence-corrected chi connectivity index (χ4v) is 2.55. The van der Waals surface area contributed by atoms with E-state index in [1.165, 1.54) is 17.4 Å². The molecule has 0 saturated heterocycles. The van der Waals surface area contributed by atoms with Crippen LogP contribution in [0.25, 0.3) is 27.1 Å². The molecule has 2 aromatic rings. The van der Waals surface area contributed by atoms with Gasteiger partial charge in [-0.15, -0.1) is 11.3 Å². The lowest BCUT2D eigenvalue weighted by Crippen LogP contribution is -1.95. The smallest absolute Gasteiger partial charge is 0.338 e. The molecule has 20 heavy (non-hydrogen) atoms. The zero-order chi connectivity index (χ0) is 14.5. The van der Waals surface area contributed by atoms with E-state index in [4.69, 9.17) is 10.6 Å². The minimum atomic E-state index is -1.27. The normalized spacial score (nSPS) is 10.9. The summed E-state index contributed by atoms with van der Waals surface area (Å²) in [6, 6.07) is 7.79. The van der Waals surface area contributed by atoms with Gasteiger partial charge >= 0.3 is 5.97 Å². The number of nitrogens with zero attached hydrogens (tertiary/aromatic N) is 4. The Morgan fingerprint density at radius 1 is 1.50 bits per heavy atom. The quantitative estimate of drug-likeness (QED) is 0.400. The lowest BCUT2D eigenvalue weighted by Gasteiger charge is -1.99. The Bertz CT molecular complexity index is 725. The van der Waals surface area contributed by atoms with Crippen molar-refractivity contribution in [1.29, 1.82) is 0 Å². The Morgan fingerprint density at radius 2 is 2.25 bits per heavy atom. The molecule has 0 fully saturated rings.